The van der Waals surface area contributed by atoms with Crippen LogP contribution in [0.25, 0.3) is 11.0 Å². The monoisotopic (exact) mass is 168 g/mol. The molecule has 0 atom stereocenters. The van der Waals surface area contributed by atoms with E-state index in [2.05, 4.69) is 0 Å². The van der Waals surface area contributed by atoms with Gasteiger partial charge in [-0.3, -0.25) is 0 Å². The summed E-state index contributed by atoms with van der Waals surface area (Å²) in [6, 6.07) is 4.23. The molecule has 1 nitrogen and oxygen atoms in total. The lowest BCUT2D eigenvalue weighted by Gasteiger charge is -1.88. The van der Waals surface area contributed by atoms with Gasteiger partial charge >= 0.3 is 0 Å². The summed E-state index contributed by atoms with van der Waals surface area (Å²) in [4.78, 5) is 0. The van der Waals surface area contributed by atoms with Crippen molar-refractivity contribution in [2.45, 2.75) is 6.92 Å². The van der Waals surface area contributed by atoms with E-state index in [-0.39, 0.29) is 16.7 Å². The van der Waals surface area contributed by atoms with E-state index in [1.54, 1.807) is 0 Å². The number of benzene rings is 1. The van der Waals surface area contributed by atoms with E-state index in [0.29, 0.717) is 0 Å². The molecule has 0 spiro atoms. The Hall–Kier alpha value is -1.38. The molecule has 0 saturated carbocycles. The highest BCUT2D eigenvalue weighted by atomic mass is 19.1. The van der Waals surface area contributed by atoms with Gasteiger partial charge in [0.15, 0.2) is 5.82 Å². The molecular formula is C9H6F2O. The third-order valence-corrected chi connectivity index (χ3v) is 1.77. The van der Waals surface area contributed by atoms with Gasteiger partial charge in [0.25, 0.3) is 0 Å². The minimum Gasteiger partial charge on any atom is -0.458 e. The predicted molar refractivity (Wildman–Crippen MR) is 40.9 cm³/mol. The summed E-state index contributed by atoms with van der Waals surface area (Å²) < 4.78 is 31.0. The molecule has 0 aliphatic rings. The van der Waals surface area contributed by atoms with E-state index in [4.69, 9.17) is 4.42 Å². The average molecular weight is 168 g/mol. The van der Waals surface area contributed by atoms with Gasteiger partial charge in [0, 0.05) is 0 Å². The van der Waals surface area contributed by atoms with Gasteiger partial charge in [0.05, 0.1) is 5.39 Å². The Kier molecular flexibility index (Phi) is 1.40. The standard InChI is InChI=1S/C9H6F2O/c1-5-9(11)8-6(10)3-2-4-7(8)12-5/h2-4H,1H3. The van der Waals surface area contributed by atoms with Crippen LogP contribution in [0.4, 0.5) is 8.78 Å². The minimum absolute atomic E-state index is 0.0602. The van der Waals surface area contributed by atoms with Crippen LogP contribution in [-0.2, 0) is 0 Å². The van der Waals surface area contributed by atoms with Crippen molar-refractivity contribution < 1.29 is 13.2 Å². The van der Waals surface area contributed by atoms with E-state index >= 15 is 0 Å². The first-order valence-corrected chi connectivity index (χ1v) is 3.53. The number of aryl methyl sites for hydroxylation is 1. The molecule has 2 rings (SSSR count). The van der Waals surface area contributed by atoms with Crippen LogP contribution in [-0.4, -0.2) is 0 Å². The van der Waals surface area contributed by atoms with Gasteiger partial charge in [0.2, 0.25) is 0 Å². The van der Waals surface area contributed by atoms with Gasteiger partial charge in [-0.25, -0.2) is 8.78 Å². The van der Waals surface area contributed by atoms with Crippen LogP contribution < -0.4 is 0 Å². The Morgan fingerprint density at radius 1 is 1.25 bits per heavy atom. The van der Waals surface area contributed by atoms with Crippen LogP contribution in [0.15, 0.2) is 22.6 Å². The molecule has 12 heavy (non-hydrogen) atoms. The molecular weight excluding hydrogens is 162 g/mol. The number of hydrogen-bond acceptors (Lipinski definition) is 1. The molecule has 0 fully saturated rings. The summed E-state index contributed by atoms with van der Waals surface area (Å²) in [5.74, 6) is -1.07. The molecule has 3 heteroatoms. The molecule has 0 unspecified atom stereocenters. The van der Waals surface area contributed by atoms with E-state index in [1.165, 1.54) is 25.1 Å². The van der Waals surface area contributed by atoms with E-state index < -0.39 is 11.6 Å². The molecule has 0 N–H and O–H groups in total. The summed E-state index contributed by atoms with van der Waals surface area (Å²) in [7, 11) is 0. The first-order chi connectivity index (χ1) is 5.70. The Morgan fingerprint density at radius 2 is 2.00 bits per heavy atom. The Labute approximate surface area is 67.6 Å². The van der Waals surface area contributed by atoms with Crippen molar-refractivity contribution >= 4 is 11.0 Å². The SMILES string of the molecule is Cc1oc2cccc(F)c2c1F. The Morgan fingerprint density at radius 3 is 2.67 bits per heavy atom. The lowest BCUT2D eigenvalue weighted by atomic mass is 10.2. The summed E-state index contributed by atoms with van der Waals surface area (Å²) in [5.41, 5.74) is 0.255. The number of fused-ring (bicyclic) bond motifs is 1. The molecule has 0 bridgehead atoms. The zero-order valence-corrected chi connectivity index (χ0v) is 6.40. The van der Waals surface area contributed by atoms with E-state index in [1.807, 2.05) is 0 Å². The fourth-order valence-corrected chi connectivity index (χ4v) is 1.19. The maximum atomic E-state index is 13.1. The molecule has 1 aromatic heterocycles. The number of rotatable bonds is 0. The molecule has 1 heterocycles. The van der Waals surface area contributed by atoms with E-state index in [0.717, 1.165) is 0 Å². The van der Waals surface area contributed by atoms with Crippen molar-refractivity contribution in [3.05, 3.63) is 35.6 Å². The highest BCUT2D eigenvalue weighted by Crippen LogP contribution is 2.25. The van der Waals surface area contributed by atoms with Gasteiger partial charge in [-0.1, -0.05) is 6.07 Å². The van der Waals surface area contributed by atoms with Crippen LogP contribution in [0, 0.1) is 18.6 Å². The van der Waals surface area contributed by atoms with Gasteiger partial charge in [0.1, 0.15) is 17.2 Å². The third-order valence-electron chi connectivity index (χ3n) is 1.77. The molecule has 2 aromatic rings. The van der Waals surface area contributed by atoms with Crippen LogP contribution in [0.2, 0.25) is 0 Å². The average Bonchev–Trinajstić information content (AvgIpc) is 2.29. The third kappa shape index (κ3) is 0.826. The van der Waals surface area contributed by atoms with Gasteiger partial charge < -0.3 is 4.42 Å². The van der Waals surface area contributed by atoms with Crippen LogP contribution in [0.1, 0.15) is 5.76 Å². The van der Waals surface area contributed by atoms with Gasteiger partial charge in [-0.2, -0.15) is 0 Å². The number of furan rings is 1. The van der Waals surface area contributed by atoms with Crippen LogP contribution in [0.5, 0.6) is 0 Å². The topological polar surface area (TPSA) is 13.1 Å². The molecule has 0 aliphatic heterocycles. The van der Waals surface area contributed by atoms with Crippen LogP contribution >= 0.6 is 0 Å². The molecule has 0 aliphatic carbocycles. The van der Waals surface area contributed by atoms with Crippen molar-refractivity contribution in [1.29, 1.82) is 0 Å². The highest BCUT2D eigenvalue weighted by molar-refractivity contribution is 5.79. The normalized spacial score (nSPS) is 10.9. The Bertz CT molecular complexity index is 431. The summed E-state index contributed by atoms with van der Waals surface area (Å²) in [5, 5.41) is -0.0602. The summed E-state index contributed by atoms with van der Waals surface area (Å²) in [6.07, 6.45) is 0. The lowest BCUT2D eigenvalue weighted by Crippen LogP contribution is -1.77. The zero-order valence-electron chi connectivity index (χ0n) is 6.40. The van der Waals surface area contributed by atoms with Crippen molar-refractivity contribution in [3.8, 4) is 0 Å². The van der Waals surface area contributed by atoms with Gasteiger partial charge in [-0.15, -0.1) is 0 Å². The number of hydrogen-bond donors (Lipinski definition) is 0. The maximum absolute atomic E-state index is 13.1. The first kappa shape index (κ1) is 7.28. The molecule has 1 aromatic carbocycles. The minimum atomic E-state index is -0.608. The van der Waals surface area contributed by atoms with Gasteiger partial charge in [-0.05, 0) is 19.1 Å². The number of halogens is 2. The summed E-state index contributed by atoms with van der Waals surface area (Å²) in [6.45, 7) is 1.47. The fourth-order valence-electron chi connectivity index (χ4n) is 1.19. The predicted octanol–water partition coefficient (Wildman–Crippen LogP) is 3.02. The van der Waals surface area contributed by atoms with Crippen LogP contribution in [0.3, 0.4) is 0 Å². The van der Waals surface area contributed by atoms with Crippen molar-refractivity contribution in [1.82, 2.24) is 0 Å². The Balaban J connectivity index is 2.97. The molecule has 0 radical (unpaired) electrons. The first-order valence-electron chi connectivity index (χ1n) is 3.53. The van der Waals surface area contributed by atoms with Crippen molar-refractivity contribution in [2.75, 3.05) is 0 Å². The second-order valence-corrected chi connectivity index (χ2v) is 2.59. The molecule has 0 saturated heterocycles. The largest absolute Gasteiger partial charge is 0.458 e. The quantitative estimate of drug-likeness (QED) is 0.589. The smallest absolute Gasteiger partial charge is 0.175 e. The zero-order chi connectivity index (χ0) is 8.72. The molecule has 0 amide bonds. The van der Waals surface area contributed by atoms with Crippen molar-refractivity contribution in [2.24, 2.45) is 0 Å². The second-order valence-electron chi connectivity index (χ2n) is 2.59. The second kappa shape index (κ2) is 2.30. The highest BCUT2D eigenvalue weighted by Gasteiger charge is 2.13. The van der Waals surface area contributed by atoms with E-state index in [9.17, 15) is 8.78 Å². The lowest BCUT2D eigenvalue weighted by molar-refractivity contribution is 0.523. The summed E-state index contributed by atoms with van der Waals surface area (Å²) >= 11 is 0. The maximum Gasteiger partial charge on any atom is 0.175 e. The van der Waals surface area contributed by atoms with Crippen molar-refractivity contribution in [3.63, 3.8) is 0 Å². The molecule has 62 valence electrons. The fraction of sp³-hybridized carbons (Fsp3) is 0.111.